The van der Waals surface area contributed by atoms with Crippen molar-refractivity contribution in [3.63, 3.8) is 0 Å². The number of imidazole rings is 2. The van der Waals surface area contributed by atoms with Crippen molar-refractivity contribution >= 4 is 23.5 Å². The number of nitro groups is 2. The molecule has 2 aromatic heterocycles. The summed E-state index contributed by atoms with van der Waals surface area (Å²) in [5, 5.41) is 28.2. The number of hydrogen-bond acceptors (Lipinski definition) is 10. The highest BCUT2D eigenvalue weighted by molar-refractivity contribution is 5.88. The number of rotatable bonds is 15. The van der Waals surface area contributed by atoms with Gasteiger partial charge in [-0.15, -0.1) is 0 Å². The van der Waals surface area contributed by atoms with Gasteiger partial charge in [0.15, 0.2) is 11.6 Å². The van der Waals surface area contributed by atoms with Crippen LogP contribution in [-0.4, -0.2) is 64.7 Å². The van der Waals surface area contributed by atoms with E-state index < -0.39 is 20.9 Å². The van der Waals surface area contributed by atoms with Crippen LogP contribution in [0.25, 0.3) is 0 Å². The third-order valence-corrected chi connectivity index (χ3v) is 5.47. The predicted octanol–water partition coefficient (Wildman–Crippen LogP) is 1.25. The number of ketones is 2. The van der Waals surface area contributed by atoms with Gasteiger partial charge in [-0.1, -0.05) is 9.97 Å². The summed E-state index contributed by atoms with van der Waals surface area (Å²) in [6.45, 7) is 7.60. The Morgan fingerprint density at radius 1 is 0.824 bits per heavy atom. The van der Waals surface area contributed by atoms with Crippen molar-refractivity contribution in [3.8, 4) is 0 Å². The molecular weight excluding hydrogens is 448 g/mol. The first-order valence-corrected chi connectivity index (χ1v) is 10.7. The van der Waals surface area contributed by atoms with Crippen LogP contribution in [0, 0.1) is 20.2 Å². The summed E-state index contributed by atoms with van der Waals surface area (Å²) in [5.41, 5.74) is -1.78. The Kier molecular flexibility index (Phi) is 8.70. The van der Waals surface area contributed by atoms with E-state index >= 15 is 0 Å². The molecule has 0 bridgehead atoms. The molecule has 0 atom stereocenters. The number of nitrogens with one attached hydrogen (secondary N) is 2. The van der Waals surface area contributed by atoms with Gasteiger partial charge in [0.2, 0.25) is 0 Å². The topological polar surface area (TPSA) is 180 Å². The van der Waals surface area contributed by atoms with Crippen LogP contribution in [0.4, 0.5) is 11.9 Å². The molecule has 34 heavy (non-hydrogen) atoms. The van der Waals surface area contributed by atoms with Crippen molar-refractivity contribution in [1.82, 2.24) is 29.7 Å². The van der Waals surface area contributed by atoms with E-state index in [9.17, 15) is 29.8 Å². The highest BCUT2D eigenvalue weighted by Crippen LogP contribution is 2.13. The summed E-state index contributed by atoms with van der Waals surface area (Å²) in [7, 11) is 0. The Labute approximate surface area is 196 Å². The van der Waals surface area contributed by atoms with Crippen LogP contribution in [0.1, 0.15) is 40.5 Å². The first-order valence-electron chi connectivity index (χ1n) is 10.7. The lowest BCUT2D eigenvalue weighted by Crippen LogP contribution is -2.49. The monoisotopic (exact) mass is 478 g/mol. The Morgan fingerprint density at radius 3 is 1.50 bits per heavy atom. The number of carbonyl (C=O) groups excluding carboxylic acids is 2. The summed E-state index contributed by atoms with van der Waals surface area (Å²) in [4.78, 5) is 53.1. The number of carbonyl (C=O) groups is 2. The van der Waals surface area contributed by atoms with E-state index in [1.165, 1.54) is 33.9 Å². The van der Waals surface area contributed by atoms with Gasteiger partial charge in [0.05, 0.1) is 11.1 Å². The summed E-state index contributed by atoms with van der Waals surface area (Å²) >= 11 is 0. The summed E-state index contributed by atoms with van der Waals surface area (Å²) < 4.78 is 2.40. The second kappa shape index (κ2) is 11.1. The van der Waals surface area contributed by atoms with Crippen molar-refractivity contribution in [3.05, 3.63) is 45.0 Å². The third kappa shape index (κ3) is 6.99. The molecule has 0 aliphatic rings. The lowest BCUT2D eigenvalue weighted by atomic mass is 9.98. The van der Waals surface area contributed by atoms with Crippen LogP contribution in [0.5, 0.6) is 0 Å². The molecule has 2 N–H and O–H groups in total. The fraction of sp³-hybridized carbons (Fsp3) is 0.600. The largest absolute Gasteiger partial charge is 0.434 e. The van der Waals surface area contributed by atoms with Gasteiger partial charge in [-0.3, -0.25) is 9.59 Å². The van der Waals surface area contributed by atoms with Crippen molar-refractivity contribution in [1.29, 1.82) is 0 Å². The van der Waals surface area contributed by atoms with Gasteiger partial charge in [0, 0.05) is 0 Å². The molecule has 0 amide bonds. The fourth-order valence-corrected chi connectivity index (χ4v) is 3.15. The minimum absolute atomic E-state index is 0.163. The highest BCUT2D eigenvalue weighted by atomic mass is 16.6. The lowest BCUT2D eigenvalue weighted by molar-refractivity contribution is -0.396. The Balaban J connectivity index is 1.74. The van der Waals surface area contributed by atoms with E-state index in [2.05, 4.69) is 20.6 Å². The van der Waals surface area contributed by atoms with Crippen LogP contribution in [0.3, 0.4) is 0 Å². The third-order valence-electron chi connectivity index (χ3n) is 5.47. The minimum atomic E-state index is -0.889. The van der Waals surface area contributed by atoms with Gasteiger partial charge < -0.3 is 30.9 Å². The van der Waals surface area contributed by atoms with Crippen molar-refractivity contribution in [2.75, 3.05) is 13.1 Å². The van der Waals surface area contributed by atoms with E-state index in [-0.39, 0.29) is 36.6 Å². The molecular formula is C20H30N8O6. The zero-order valence-electron chi connectivity index (χ0n) is 19.7. The molecule has 0 unspecified atom stereocenters. The normalized spacial score (nSPS) is 12.0. The maximum absolute atomic E-state index is 12.6. The van der Waals surface area contributed by atoms with Gasteiger partial charge in [0.25, 0.3) is 0 Å². The number of unbranched alkanes of at least 4 members (excludes halogenated alkanes) is 1. The van der Waals surface area contributed by atoms with Crippen LogP contribution in [0.15, 0.2) is 24.8 Å². The van der Waals surface area contributed by atoms with Crippen LogP contribution in [-0.2, 0) is 22.7 Å². The summed E-state index contributed by atoms with van der Waals surface area (Å²) in [6.07, 6.45) is 6.78. The highest BCUT2D eigenvalue weighted by Gasteiger charge is 2.31. The summed E-state index contributed by atoms with van der Waals surface area (Å²) in [5.74, 6) is -1.19. The summed E-state index contributed by atoms with van der Waals surface area (Å²) in [6, 6.07) is 0. The fourth-order valence-electron chi connectivity index (χ4n) is 3.15. The average Bonchev–Trinajstić information content (AvgIpc) is 3.40. The van der Waals surface area contributed by atoms with Gasteiger partial charge in [0.1, 0.15) is 37.9 Å². The number of nitrogens with zero attached hydrogens (tertiary/aromatic N) is 6. The van der Waals surface area contributed by atoms with Crippen LogP contribution in [0.2, 0.25) is 0 Å². The lowest BCUT2D eigenvalue weighted by Gasteiger charge is -2.26. The molecule has 0 saturated carbocycles. The molecule has 14 nitrogen and oxygen atoms in total. The van der Waals surface area contributed by atoms with E-state index in [4.69, 9.17) is 0 Å². The number of hydrogen-bond donors (Lipinski definition) is 2. The van der Waals surface area contributed by atoms with E-state index in [1.807, 2.05) is 0 Å². The van der Waals surface area contributed by atoms with E-state index in [1.54, 1.807) is 27.7 Å². The molecule has 2 heterocycles. The maximum Gasteiger partial charge on any atom is 0.434 e. The quantitative estimate of drug-likeness (QED) is 0.215. The molecule has 14 heteroatoms. The molecule has 2 rings (SSSR count). The number of aromatic nitrogens is 4. The van der Waals surface area contributed by atoms with Gasteiger partial charge in [-0.05, 0) is 63.5 Å². The molecule has 0 radical (unpaired) electrons. The molecule has 0 aliphatic carbocycles. The first-order chi connectivity index (χ1) is 15.8. The van der Waals surface area contributed by atoms with Crippen molar-refractivity contribution < 1.29 is 19.4 Å². The molecule has 186 valence electrons. The molecule has 0 fully saturated rings. The predicted molar refractivity (Wildman–Crippen MR) is 121 cm³/mol. The SMILES string of the molecule is CC(C)(NCCCCNC(C)(C)C(=O)Cn1ccnc1[N+](=O)[O-])C(=O)Cn1ccnc1[N+](=O)[O-]. The second-order valence-corrected chi connectivity index (χ2v) is 8.88. The maximum atomic E-state index is 12.6. The van der Waals surface area contributed by atoms with E-state index in [0.717, 1.165) is 0 Å². The average molecular weight is 479 g/mol. The standard InChI is InChI=1S/C20H30N8O6/c1-19(2,15(29)13-25-11-9-21-17(25)27(31)32)23-7-5-6-8-24-20(3,4)16(30)14-26-12-10-22-18(26)28(33)34/h9-12,23-24H,5-8,13-14H2,1-4H3. The molecule has 0 aromatic carbocycles. The second-order valence-electron chi connectivity index (χ2n) is 8.88. The Bertz CT molecular complexity index is 959. The molecule has 0 aliphatic heterocycles. The van der Waals surface area contributed by atoms with Gasteiger partial charge in [-0.2, -0.15) is 0 Å². The Morgan fingerprint density at radius 2 is 1.18 bits per heavy atom. The smallest absolute Gasteiger partial charge is 0.390 e. The number of Topliss-reactive ketones (excluding diaryl/α,β-unsaturated/α-hetero) is 2. The molecule has 0 spiro atoms. The van der Waals surface area contributed by atoms with E-state index in [0.29, 0.717) is 25.9 Å². The van der Waals surface area contributed by atoms with Gasteiger partial charge in [-0.25, -0.2) is 9.13 Å². The Hall–Kier alpha value is -3.52. The van der Waals surface area contributed by atoms with Crippen molar-refractivity contribution in [2.24, 2.45) is 0 Å². The molecule has 2 aromatic rings. The van der Waals surface area contributed by atoms with Gasteiger partial charge >= 0.3 is 11.9 Å². The van der Waals surface area contributed by atoms with Crippen LogP contribution < -0.4 is 10.6 Å². The zero-order chi connectivity index (χ0) is 25.5. The zero-order valence-corrected chi connectivity index (χ0v) is 19.7. The minimum Gasteiger partial charge on any atom is -0.390 e. The van der Waals surface area contributed by atoms with Crippen molar-refractivity contribution in [2.45, 2.75) is 64.7 Å². The first kappa shape index (κ1) is 26.7. The molecule has 0 saturated heterocycles. The van der Waals surface area contributed by atoms with Crippen LogP contribution >= 0.6 is 0 Å².